The van der Waals surface area contributed by atoms with Gasteiger partial charge in [-0.3, -0.25) is 9.69 Å². The lowest BCUT2D eigenvalue weighted by atomic mass is 10.0. The molecule has 1 fully saturated rings. The van der Waals surface area contributed by atoms with Crippen LogP contribution < -0.4 is 15.1 Å². The van der Waals surface area contributed by atoms with Crippen LogP contribution in [0.4, 0.5) is 24.5 Å². The summed E-state index contributed by atoms with van der Waals surface area (Å²) in [4.78, 5) is 26.4. The highest BCUT2D eigenvalue weighted by Gasteiger charge is 2.50. The van der Waals surface area contributed by atoms with E-state index in [-0.39, 0.29) is 24.0 Å². The predicted molar refractivity (Wildman–Crippen MR) is 154 cm³/mol. The highest BCUT2D eigenvalue weighted by atomic mass is 32.1. The number of carbonyl (C=O) groups excluding carboxylic acids is 1. The van der Waals surface area contributed by atoms with Gasteiger partial charge in [0.1, 0.15) is 12.1 Å². The summed E-state index contributed by atoms with van der Waals surface area (Å²) in [5.41, 5.74) is -1.11. The van der Waals surface area contributed by atoms with E-state index >= 15 is 0 Å². The van der Waals surface area contributed by atoms with E-state index in [1.165, 1.54) is 6.07 Å². The minimum atomic E-state index is -4.76. The van der Waals surface area contributed by atoms with Crippen LogP contribution in [0.1, 0.15) is 43.4 Å². The van der Waals surface area contributed by atoms with Crippen LogP contribution in [0.3, 0.4) is 0 Å². The lowest BCUT2D eigenvalue weighted by Crippen LogP contribution is -2.44. The van der Waals surface area contributed by atoms with Gasteiger partial charge < -0.3 is 24.8 Å². The number of nitrogens with one attached hydrogen (secondary N) is 1. The van der Waals surface area contributed by atoms with Gasteiger partial charge in [-0.1, -0.05) is 12.1 Å². The quantitative estimate of drug-likeness (QED) is 0.223. The first kappa shape index (κ1) is 32.9. The summed E-state index contributed by atoms with van der Waals surface area (Å²) in [5.74, 6) is -1.48. The molecule has 1 aliphatic heterocycles. The summed E-state index contributed by atoms with van der Waals surface area (Å²) in [6, 6.07) is 12.2. The molecule has 2 N–H and O–H groups in total. The zero-order valence-electron chi connectivity index (χ0n) is 23.4. The van der Waals surface area contributed by atoms with Crippen LogP contribution >= 0.6 is 12.2 Å². The van der Waals surface area contributed by atoms with Gasteiger partial charge in [0.05, 0.1) is 42.7 Å². The summed E-state index contributed by atoms with van der Waals surface area (Å²) in [5, 5.41) is 20.9. The number of ether oxygens (including phenoxy) is 2. The molecule has 9 nitrogen and oxygen atoms in total. The number of nitrogens with zero attached hydrogens (tertiary/aromatic N) is 3. The molecule has 0 aliphatic carbocycles. The second-order valence-corrected chi connectivity index (χ2v) is 10.5. The number of carbonyl (C=O) groups is 2. The second-order valence-electron chi connectivity index (χ2n) is 10.1. The molecule has 2 aromatic rings. The number of alkyl halides is 3. The molecule has 13 heteroatoms. The Bertz CT molecular complexity index is 1310. The minimum absolute atomic E-state index is 0.0477. The first-order valence-corrected chi connectivity index (χ1v) is 13.8. The van der Waals surface area contributed by atoms with Crippen molar-refractivity contribution in [3.05, 3.63) is 59.2 Å². The fourth-order valence-electron chi connectivity index (χ4n) is 4.50. The Morgan fingerprint density at radius 2 is 1.71 bits per heavy atom. The van der Waals surface area contributed by atoms with Crippen LogP contribution in [-0.2, 0) is 31.7 Å². The third-order valence-electron chi connectivity index (χ3n) is 6.64. The zero-order chi connectivity index (χ0) is 30.9. The first-order chi connectivity index (χ1) is 19.9. The number of rotatable bonds is 15. The van der Waals surface area contributed by atoms with Crippen LogP contribution in [0.2, 0.25) is 0 Å². The van der Waals surface area contributed by atoms with Gasteiger partial charge in [0, 0.05) is 12.2 Å². The molecule has 0 bridgehead atoms. The Hall–Kier alpha value is -3.57. The normalized spacial score (nSPS) is 14.9. The van der Waals surface area contributed by atoms with Crippen molar-refractivity contribution in [2.24, 2.45) is 0 Å². The van der Waals surface area contributed by atoms with Gasteiger partial charge in [0.25, 0.3) is 5.91 Å². The van der Waals surface area contributed by atoms with Crippen molar-refractivity contribution in [3.8, 4) is 6.07 Å². The van der Waals surface area contributed by atoms with Crippen molar-refractivity contribution in [2.45, 2.75) is 44.8 Å². The Morgan fingerprint density at radius 3 is 2.36 bits per heavy atom. The molecule has 0 spiro atoms. The monoisotopic (exact) mass is 606 g/mol. The Morgan fingerprint density at radius 1 is 1.05 bits per heavy atom. The molecule has 0 atom stereocenters. The van der Waals surface area contributed by atoms with Crippen molar-refractivity contribution >= 4 is 40.6 Å². The molecule has 1 saturated heterocycles. The number of halogens is 3. The molecule has 226 valence electrons. The molecule has 0 aromatic heterocycles. The lowest BCUT2D eigenvalue weighted by molar-refractivity contribution is -0.142. The molecule has 1 amide bonds. The fraction of sp³-hybridized carbons (Fsp3) is 0.448. The van der Waals surface area contributed by atoms with Crippen molar-refractivity contribution in [2.75, 3.05) is 49.3 Å². The summed E-state index contributed by atoms with van der Waals surface area (Å²) in [6.45, 7) is 5.56. The van der Waals surface area contributed by atoms with Crippen molar-refractivity contribution in [1.29, 1.82) is 5.26 Å². The molecule has 1 heterocycles. The van der Waals surface area contributed by atoms with Crippen molar-refractivity contribution < 1.29 is 37.3 Å². The number of amides is 1. The fourth-order valence-corrected chi connectivity index (χ4v) is 5.02. The Kier molecular flexibility index (Phi) is 11.4. The number of aliphatic carboxylic acids is 1. The summed E-state index contributed by atoms with van der Waals surface area (Å²) in [6.07, 6.45) is -2.04. The van der Waals surface area contributed by atoms with Crippen LogP contribution in [0.25, 0.3) is 0 Å². The lowest BCUT2D eigenvalue weighted by Gasteiger charge is -2.29. The van der Waals surface area contributed by atoms with Crippen LogP contribution in [0, 0.1) is 11.3 Å². The number of nitriles is 1. The van der Waals surface area contributed by atoms with Crippen molar-refractivity contribution in [1.82, 2.24) is 5.32 Å². The third-order valence-corrected chi connectivity index (χ3v) is 7.00. The number of unbranched alkanes of at least 4 members (excludes halogenated alkanes) is 1. The number of carboxylic acid groups (broad SMARTS) is 1. The minimum Gasteiger partial charge on any atom is -0.480 e. The van der Waals surface area contributed by atoms with Gasteiger partial charge in [0.15, 0.2) is 5.11 Å². The van der Waals surface area contributed by atoms with E-state index < -0.39 is 34.7 Å². The number of anilines is 2. The maximum atomic E-state index is 13.6. The first-order valence-electron chi connectivity index (χ1n) is 13.3. The molecule has 0 radical (unpaired) electrons. The number of hydrogen-bond donors (Lipinski definition) is 2. The molecule has 2 aromatic carbocycles. The van der Waals surface area contributed by atoms with E-state index in [0.29, 0.717) is 25.4 Å². The third kappa shape index (κ3) is 8.25. The van der Waals surface area contributed by atoms with E-state index in [1.807, 2.05) is 24.3 Å². The van der Waals surface area contributed by atoms with Crippen LogP contribution in [0.5, 0.6) is 0 Å². The van der Waals surface area contributed by atoms with Crippen LogP contribution in [-0.4, -0.2) is 67.2 Å². The predicted octanol–water partition coefficient (Wildman–Crippen LogP) is 4.52. The van der Waals surface area contributed by atoms with Gasteiger partial charge in [-0.15, -0.1) is 0 Å². The molecule has 1 aliphatic rings. The number of thiocarbonyl (C=S) groups is 1. The van der Waals surface area contributed by atoms with Gasteiger partial charge in [-0.05, 0) is 87.8 Å². The number of hydrogen-bond acceptors (Lipinski definition) is 7. The van der Waals surface area contributed by atoms with Gasteiger partial charge in [0.2, 0.25) is 0 Å². The molecular weight excluding hydrogens is 573 g/mol. The van der Waals surface area contributed by atoms with Gasteiger partial charge in [-0.2, -0.15) is 18.4 Å². The summed E-state index contributed by atoms with van der Waals surface area (Å²) in [7, 11) is 0. The van der Waals surface area contributed by atoms with Gasteiger partial charge >= 0.3 is 12.1 Å². The van der Waals surface area contributed by atoms with E-state index in [2.05, 4.69) is 5.32 Å². The average molecular weight is 607 g/mol. The SMILES string of the molecule is CC1(C)C(=O)N(c2ccc(C#N)c(C(F)(F)F)c2)C(=S)N1c1ccc(CCCCNCCOCCOCC(=O)O)cc1. The van der Waals surface area contributed by atoms with E-state index in [4.69, 9.17) is 32.1 Å². The summed E-state index contributed by atoms with van der Waals surface area (Å²) < 4.78 is 50.9. The average Bonchev–Trinajstić information content (AvgIpc) is 3.11. The Balaban J connectivity index is 1.52. The van der Waals surface area contributed by atoms with E-state index in [1.54, 1.807) is 24.8 Å². The number of aryl methyl sites for hydroxylation is 1. The highest BCUT2D eigenvalue weighted by Crippen LogP contribution is 2.39. The highest BCUT2D eigenvalue weighted by molar-refractivity contribution is 7.81. The van der Waals surface area contributed by atoms with Crippen molar-refractivity contribution in [3.63, 3.8) is 0 Å². The van der Waals surface area contributed by atoms with E-state index in [9.17, 15) is 22.8 Å². The molecule has 42 heavy (non-hydrogen) atoms. The topological polar surface area (TPSA) is 115 Å². The standard InChI is InChI=1S/C29H33F3N4O5S/c1-28(2)26(39)35(23-11-8-21(18-33)24(17-23)29(30,31)32)27(42)36(28)22-9-6-20(7-10-22)5-3-4-12-34-13-14-40-15-16-41-19-25(37)38/h6-11,17,34H,3-5,12-16,19H2,1-2H3,(H,37,38). The molecular formula is C29H33F3N4O5S. The number of benzene rings is 2. The number of carboxylic acids is 1. The molecule has 0 unspecified atom stereocenters. The largest absolute Gasteiger partial charge is 0.480 e. The Labute approximate surface area is 247 Å². The zero-order valence-corrected chi connectivity index (χ0v) is 24.2. The smallest absolute Gasteiger partial charge is 0.417 e. The molecule has 0 saturated carbocycles. The maximum Gasteiger partial charge on any atom is 0.417 e. The van der Waals surface area contributed by atoms with E-state index in [0.717, 1.165) is 48.4 Å². The molecule has 3 rings (SSSR count). The van der Waals surface area contributed by atoms with Crippen LogP contribution in [0.15, 0.2) is 42.5 Å². The maximum absolute atomic E-state index is 13.6. The van der Waals surface area contributed by atoms with Gasteiger partial charge in [-0.25, -0.2) is 4.79 Å². The second kappa shape index (κ2) is 14.6. The summed E-state index contributed by atoms with van der Waals surface area (Å²) >= 11 is 5.59.